The number of rotatable bonds is 2. The maximum Gasteiger partial charge on any atom is 0.271 e. The molecule has 2 aliphatic rings. The number of aliphatic imine (C=N–C) groups is 1. The van der Waals surface area contributed by atoms with Crippen LogP contribution in [0.4, 0.5) is 14.6 Å². The first-order chi connectivity index (χ1) is 12.5. The van der Waals surface area contributed by atoms with E-state index in [2.05, 4.69) is 10.1 Å². The number of fused-ring (bicyclic) bond motifs is 1. The van der Waals surface area contributed by atoms with E-state index in [4.69, 9.17) is 0 Å². The molecule has 2 aromatic rings. The van der Waals surface area contributed by atoms with Gasteiger partial charge in [0.25, 0.3) is 5.56 Å². The second kappa shape index (κ2) is 7.02. The van der Waals surface area contributed by atoms with Gasteiger partial charge >= 0.3 is 0 Å². The highest BCUT2D eigenvalue weighted by molar-refractivity contribution is 8.14. The van der Waals surface area contributed by atoms with Gasteiger partial charge in [0.1, 0.15) is 0 Å². The van der Waals surface area contributed by atoms with E-state index < -0.39 is 11.6 Å². The standard InChI is InChI=1S/C19H21F2N3OS/c1-11-22-18-16(17(26-11)12-8-9-14(20)15(21)10-12)19(25)23-24(18)13-6-4-2-3-5-7-13/h8-10,13,17H,2-7H2,1H3,(H,23,25)/t17-/m1/s1. The molecule has 0 spiro atoms. The Morgan fingerprint density at radius 1 is 1.15 bits per heavy atom. The van der Waals surface area contributed by atoms with Crippen LogP contribution in [0.2, 0.25) is 0 Å². The highest BCUT2D eigenvalue weighted by Gasteiger charge is 2.32. The van der Waals surface area contributed by atoms with E-state index in [9.17, 15) is 13.6 Å². The van der Waals surface area contributed by atoms with Crippen LogP contribution < -0.4 is 5.56 Å². The number of aromatic nitrogens is 2. The Labute approximate surface area is 154 Å². The molecule has 1 N–H and O–H groups in total. The number of nitrogens with one attached hydrogen (secondary N) is 1. The third kappa shape index (κ3) is 3.13. The summed E-state index contributed by atoms with van der Waals surface area (Å²) < 4.78 is 29.0. The zero-order chi connectivity index (χ0) is 18.3. The summed E-state index contributed by atoms with van der Waals surface area (Å²) >= 11 is 1.40. The zero-order valence-corrected chi connectivity index (χ0v) is 15.4. The Hall–Kier alpha value is -1.89. The number of aromatic amines is 1. The van der Waals surface area contributed by atoms with Gasteiger partial charge in [-0.05, 0) is 37.5 Å². The molecule has 1 atom stereocenters. The Morgan fingerprint density at radius 2 is 1.88 bits per heavy atom. The summed E-state index contributed by atoms with van der Waals surface area (Å²) in [7, 11) is 0. The minimum absolute atomic E-state index is 0.192. The van der Waals surface area contributed by atoms with Crippen molar-refractivity contribution in [3.05, 3.63) is 51.3 Å². The Morgan fingerprint density at radius 3 is 2.58 bits per heavy atom. The molecule has 0 unspecified atom stereocenters. The number of benzene rings is 1. The molecule has 0 bridgehead atoms. The average molecular weight is 377 g/mol. The van der Waals surface area contributed by atoms with Crippen LogP contribution in [0.15, 0.2) is 28.0 Å². The number of halogens is 2. The van der Waals surface area contributed by atoms with Crippen molar-refractivity contribution in [3.63, 3.8) is 0 Å². The van der Waals surface area contributed by atoms with E-state index >= 15 is 0 Å². The predicted octanol–water partition coefficient (Wildman–Crippen LogP) is 5.24. The average Bonchev–Trinajstić information content (AvgIpc) is 2.80. The second-order valence-electron chi connectivity index (χ2n) is 7.00. The molecular formula is C19H21F2N3OS. The van der Waals surface area contributed by atoms with Gasteiger partial charge in [-0.3, -0.25) is 14.6 Å². The number of nitrogens with zero attached hydrogens (tertiary/aromatic N) is 2. The predicted molar refractivity (Wildman–Crippen MR) is 100 cm³/mol. The minimum atomic E-state index is -0.899. The Bertz CT molecular complexity index is 910. The van der Waals surface area contributed by atoms with Gasteiger partial charge in [0.15, 0.2) is 17.5 Å². The number of H-pyrrole nitrogens is 1. The SMILES string of the molecule is CC1=Nc2c(c(=O)[nH]n2C2CCCCCC2)[C@@H](c2ccc(F)c(F)c2)S1. The van der Waals surface area contributed by atoms with Crippen molar-refractivity contribution < 1.29 is 8.78 Å². The van der Waals surface area contributed by atoms with Crippen molar-refractivity contribution in [1.82, 2.24) is 9.78 Å². The van der Waals surface area contributed by atoms with E-state index in [0.29, 0.717) is 16.9 Å². The molecule has 1 saturated carbocycles. The van der Waals surface area contributed by atoms with Gasteiger partial charge < -0.3 is 0 Å². The first-order valence-electron chi connectivity index (χ1n) is 9.06. The van der Waals surface area contributed by atoms with Gasteiger partial charge in [0.05, 0.1) is 21.9 Å². The van der Waals surface area contributed by atoms with Crippen LogP contribution in [0.25, 0.3) is 0 Å². The van der Waals surface area contributed by atoms with Crippen LogP contribution in [0.1, 0.15) is 67.9 Å². The summed E-state index contributed by atoms with van der Waals surface area (Å²) in [6.45, 7) is 1.88. The first kappa shape index (κ1) is 17.5. The van der Waals surface area contributed by atoms with Crippen molar-refractivity contribution in [2.45, 2.75) is 56.7 Å². The van der Waals surface area contributed by atoms with E-state index in [1.165, 1.54) is 30.7 Å². The summed E-state index contributed by atoms with van der Waals surface area (Å²) in [5.41, 5.74) is 0.923. The lowest BCUT2D eigenvalue weighted by Crippen LogP contribution is -2.14. The molecule has 0 amide bonds. The minimum Gasteiger partial charge on any atom is -0.268 e. The molecule has 26 heavy (non-hydrogen) atoms. The quantitative estimate of drug-likeness (QED) is 0.728. The molecule has 138 valence electrons. The highest BCUT2D eigenvalue weighted by Crippen LogP contribution is 2.45. The fraction of sp³-hybridized carbons (Fsp3) is 0.474. The normalized spacial score (nSPS) is 21.2. The van der Waals surface area contributed by atoms with Crippen molar-refractivity contribution in [2.24, 2.45) is 4.99 Å². The van der Waals surface area contributed by atoms with Crippen LogP contribution in [-0.4, -0.2) is 14.8 Å². The third-order valence-corrected chi connectivity index (χ3v) is 6.36. The summed E-state index contributed by atoms with van der Waals surface area (Å²) in [5.74, 6) is -1.14. The molecule has 7 heteroatoms. The van der Waals surface area contributed by atoms with Crippen molar-refractivity contribution in [1.29, 1.82) is 0 Å². The Balaban J connectivity index is 1.80. The number of hydrogen-bond donors (Lipinski definition) is 1. The maximum absolute atomic E-state index is 13.7. The number of hydrogen-bond acceptors (Lipinski definition) is 3. The van der Waals surface area contributed by atoms with Crippen LogP contribution in [0, 0.1) is 11.6 Å². The summed E-state index contributed by atoms with van der Waals surface area (Å²) in [6, 6.07) is 4.07. The van der Waals surface area contributed by atoms with Gasteiger partial charge in [-0.25, -0.2) is 13.8 Å². The van der Waals surface area contributed by atoms with Gasteiger partial charge in [-0.2, -0.15) is 0 Å². The van der Waals surface area contributed by atoms with E-state index in [-0.39, 0.29) is 16.9 Å². The molecule has 1 fully saturated rings. The first-order valence-corrected chi connectivity index (χ1v) is 9.94. The topological polar surface area (TPSA) is 50.1 Å². The lowest BCUT2D eigenvalue weighted by atomic mass is 10.1. The molecule has 1 aromatic heterocycles. The van der Waals surface area contributed by atoms with E-state index in [0.717, 1.165) is 36.8 Å². The Kier molecular flexibility index (Phi) is 4.73. The van der Waals surface area contributed by atoms with Crippen molar-refractivity contribution in [3.8, 4) is 0 Å². The lowest BCUT2D eigenvalue weighted by Gasteiger charge is -2.23. The van der Waals surface area contributed by atoms with Crippen LogP contribution in [0.3, 0.4) is 0 Å². The summed E-state index contributed by atoms with van der Waals surface area (Å²) in [4.78, 5) is 17.4. The van der Waals surface area contributed by atoms with E-state index in [1.54, 1.807) is 6.07 Å². The van der Waals surface area contributed by atoms with Crippen LogP contribution >= 0.6 is 11.8 Å². The van der Waals surface area contributed by atoms with Crippen LogP contribution in [0.5, 0.6) is 0 Å². The monoisotopic (exact) mass is 377 g/mol. The smallest absolute Gasteiger partial charge is 0.268 e. The molecule has 0 radical (unpaired) electrons. The van der Waals surface area contributed by atoms with Gasteiger partial charge in [-0.1, -0.05) is 43.5 Å². The summed E-state index contributed by atoms with van der Waals surface area (Å²) in [6.07, 6.45) is 6.77. The van der Waals surface area contributed by atoms with Crippen LogP contribution in [-0.2, 0) is 0 Å². The summed E-state index contributed by atoms with van der Waals surface area (Å²) in [5, 5.41) is 3.40. The number of thioether (sulfide) groups is 1. The largest absolute Gasteiger partial charge is 0.271 e. The fourth-order valence-electron chi connectivity index (χ4n) is 3.90. The van der Waals surface area contributed by atoms with Gasteiger partial charge in [0.2, 0.25) is 0 Å². The van der Waals surface area contributed by atoms with E-state index in [1.807, 2.05) is 11.6 Å². The molecule has 2 heterocycles. The molecule has 1 aliphatic heterocycles. The lowest BCUT2D eigenvalue weighted by molar-refractivity contribution is 0.407. The van der Waals surface area contributed by atoms with Crippen molar-refractivity contribution >= 4 is 22.6 Å². The fourth-order valence-corrected chi connectivity index (χ4v) is 4.99. The molecule has 1 aliphatic carbocycles. The molecular weight excluding hydrogens is 356 g/mol. The van der Waals surface area contributed by atoms with Gasteiger partial charge in [0, 0.05) is 0 Å². The third-order valence-electron chi connectivity index (χ3n) is 5.19. The second-order valence-corrected chi connectivity index (χ2v) is 8.29. The highest BCUT2D eigenvalue weighted by atomic mass is 32.2. The van der Waals surface area contributed by atoms with Gasteiger partial charge in [-0.15, -0.1) is 0 Å². The molecule has 4 rings (SSSR count). The molecule has 4 nitrogen and oxygen atoms in total. The van der Waals surface area contributed by atoms with Crippen molar-refractivity contribution in [2.75, 3.05) is 0 Å². The zero-order valence-electron chi connectivity index (χ0n) is 14.6. The maximum atomic E-state index is 13.7. The molecule has 0 saturated heterocycles. The molecule has 1 aromatic carbocycles.